The van der Waals surface area contributed by atoms with Crippen LogP contribution in [0.2, 0.25) is 0 Å². The lowest BCUT2D eigenvalue weighted by atomic mass is 10.1. The Kier molecular flexibility index (Phi) is 5.88. The molecule has 0 bridgehead atoms. The summed E-state index contributed by atoms with van der Waals surface area (Å²) in [6.07, 6.45) is 0. The summed E-state index contributed by atoms with van der Waals surface area (Å²) >= 11 is 0. The van der Waals surface area contributed by atoms with Crippen LogP contribution < -0.4 is 5.32 Å². The minimum atomic E-state index is -0.401. The summed E-state index contributed by atoms with van der Waals surface area (Å²) < 4.78 is 0. The third kappa shape index (κ3) is 4.87. The van der Waals surface area contributed by atoms with Gasteiger partial charge in [-0.25, -0.2) is 0 Å². The molecule has 0 aliphatic rings. The molecule has 0 saturated carbocycles. The van der Waals surface area contributed by atoms with Crippen molar-refractivity contribution in [3.63, 3.8) is 0 Å². The van der Waals surface area contributed by atoms with Gasteiger partial charge in [0.2, 0.25) is 5.91 Å². The van der Waals surface area contributed by atoms with E-state index in [1.165, 1.54) is 6.07 Å². The van der Waals surface area contributed by atoms with Crippen molar-refractivity contribution in [3.8, 4) is 0 Å². The van der Waals surface area contributed by atoms with E-state index in [2.05, 4.69) is 5.32 Å². The second-order valence-electron chi connectivity index (χ2n) is 6.38. The first-order chi connectivity index (χ1) is 11.8. The van der Waals surface area contributed by atoms with Gasteiger partial charge in [0.15, 0.2) is 0 Å². The molecule has 0 unspecified atom stereocenters. The number of likely N-dealkylation sites (N-methyl/N-ethyl adjacent to an activating group) is 1. The van der Waals surface area contributed by atoms with Crippen LogP contribution >= 0.6 is 0 Å². The van der Waals surface area contributed by atoms with E-state index in [0.29, 0.717) is 12.1 Å². The molecule has 1 amide bonds. The zero-order valence-electron chi connectivity index (χ0n) is 15.0. The molecule has 0 aromatic heterocycles. The number of aryl methyl sites for hydroxylation is 3. The van der Waals surface area contributed by atoms with Crippen molar-refractivity contribution < 1.29 is 9.72 Å². The van der Waals surface area contributed by atoms with Gasteiger partial charge in [0.25, 0.3) is 5.69 Å². The first-order valence-corrected chi connectivity index (χ1v) is 8.06. The number of benzene rings is 2. The Bertz CT molecular complexity index is 779. The molecule has 6 nitrogen and oxygen atoms in total. The summed E-state index contributed by atoms with van der Waals surface area (Å²) in [7, 11) is 1.77. The number of hydrogen-bond donors (Lipinski definition) is 1. The molecular formula is C19H23N3O3. The quantitative estimate of drug-likeness (QED) is 0.643. The molecule has 0 radical (unpaired) electrons. The molecule has 2 aromatic rings. The average molecular weight is 341 g/mol. The van der Waals surface area contributed by atoms with Crippen LogP contribution in [0.1, 0.15) is 22.3 Å². The number of nitro benzene ring substituents is 1. The Hall–Kier alpha value is -2.73. The zero-order valence-corrected chi connectivity index (χ0v) is 15.0. The van der Waals surface area contributed by atoms with E-state index >= 15 is 0 Å². The highest BCUT2D eigenvalue weighted by Crippen LogP contribution is 2.22. The van der Waals surface area contributed by atoms with Crippen LogP contribution in [0.3, 0.4) is 0 Å². The lowest BCUT2D eigenvalue weighted by molar-refractivity contribution is -0.385. The number of carbonyl (C=O) groups excluding carboxylic acids is 1. The van der Waals surface area contributed by atoms with E-state index in [4.69, 9.17) is 0 Å². The molecule has 6 heteroatoms. The third-order valence-corrected chi connectivity index (χ3v) is 3.98. The summed E-state index contributed by atoms with van der Waals surface area (Å²) in [5.74, 6) is -0.142. The highest BCUT2D eigenvalue weighted by molar-refractivity contribution is 5.93. The number of nitrogens with zero attached hydrogens (tertiary/aromatic N) is 2. The van der Waals surface area contributed by atoms with Crippen molar-refractivity contribution in [2.45, 2.75) is 27.3 Å². The van der Waals surface area contributed by atoms with Gasteiger partial charge in [-0.2, -0.15) is 0 Å². The number of amides is 1. The van der Waals surface area contributed by atoms with Crippen molar-refractivity contribution in [3.05, 3.63) is 68.8 Å². The fraction of sp³-hybridized carbons (Fsp3) is 0.316. The van der Waals surface area contributed by atoms with E-state index in [0.717, 1.165) is 22.4 Å². The van der Waals surface area contributed by atoms with Crippen LogP contribution in [0.4, 0.5) is 11.4 Å². The van der Waals surface area contributed by atoms with Gasteiger partial charge >= 0.3 is 0 Å². The van der Waals surface area contributed by atoms with Gasteiger partial charge in [-0.15, -0.1) is 0 Å². The highest BCUT2D eigenvalue weighted by atomic mass is 16.6. The lowest BCUT2D eigenvalue weighted by Crippen LogP contribution is -2.30. The summed E-state index contributed by atoms with van der Waals surface area (Å²) in [6, 6.07) is 10.6. The Morgan fingerprint density at radius 1 is 1.16 bits per heavy atom. The Morgan fingerprint density at radius 3 is 2.36 bits per heavy atom. The number of nitrogens with one attached hydrogen (secondary N) is 1. The summed E-state index contributed by atoms with van der Waals surface area (Å²) in [4.78, 5) is 24.8. The fourth-order valence-corrected chi connectivity index (χ4v) is 2.97. The van der Waals surface area contributed by atoms with Gasteiger partial charge < -0.3 is 5.32 Å². The molecule has 0 heterocycles. The van der Waals surface area contributed by atoms with Crippen LogP contribution in [0.15, 0.2) is 36.4 Å². The normalized spacial score (nSPS) is 10.8. The lowest BCUT2D eigenvalue weighted by Gasteiger charge is -2.18. The smallest absolute Gasteiger partial charge is 0.273 e. The van der Waals surface area contributed by atoms with Crippen LogP contribution in [-0.2, 0) is 11.3 Å². The standard InChI is InChI=1S/C19H23N3O3/c1-13-9-14(2)19(15(3)10-13)20-18(23)12-21(4)11-16-7-5-6-8-17(16)22(24)25/h5-10H,11-12H2,1-4H3,(H,20,23). The average Bonchev–Trinajstić information content (AvgIpc) is 2.51. The number of carbonyl (C=O) groups is 1. The molecule has 0 spiro atoms. The molecule has 0 atom stereocenters. The van der Waals surface area contributed by atoms with Crippen LogP contribution in [-0.4, -0.2) is 29.3 Å². The number of hydrogen-bond acceptors (Lipinski definition) is 4. The predicted molar refractivity (Wildman–Crippen MR) is 98.7 cm³/mol. The number of nitro groups is 1. The van der Waals surface area contributed by atoms with Crippen LogP contribution in [0, 0.1) is 30.9 Å². The minimum Gasteiger partial charge on any atom is -0.324 e. The minimum absolute atomic E-state index is 0.0694. The number of para-hydroxylation sites is 1. The Labute approximate surface area is 147 Å². The molecule has 2 rings (SSSR count). The molecule has 25 heavy (non-hydrogen) atoms. The fourth-order valence-electron chi connectivity index (χ4n) is 2.97. The van der Waals surface area contributed by atoms with Crippen LogP contribution in [0.25, 0.3) is 0 Å². The molecule has 1 N–H and O–H groups in total. The maximum Gasteiger partial charge on any atom is 0.273 e. The summed E-state index contributed by atoms with van der Waals surface area (Å²) in [5, 5.41) is 14.0. The maximum absolute atomic E-state index is 12.3. The Balaban J connectivity index is 2.03. The van der Waals surface area contributed by atoms with Crippen molar-refractivity contribution in [2.75, 3.05) is 18.9 Å². The van der Waals surface area contributed by atoms with Gasteiger partial charge in [0.05, 0.1) is 11.5 Å². The van der Waals surface area contributed by atoms with Crippen LogP contribution in [0.5, 0.6) is 0 Å². The van der Waals surface area contributed by atoms with E-state index in [1.54, 1.807) is 30.1 Å². The van der Waals surface area contributed by atoms with E-state index in [-0.39, 0.29) is 18.1 Å². The van der Waals surface area contributed by atoms with Gasteiger partial charge in [-0.3, -0.25) is 19.8 Å². The molecular weight excluding hydrogens is 318 g/mol. The van der Waals surface area contributed by atoms with Crippen molar-refractivity contribution >= 4 is 17.3 Å². The summed E-state index contributed by atoms with van der Waals surface area (Å²) in [6.45, 7) is 6.43. The Morgan fingerprint density at radius 2 is 1.76 bits per heavy atom. The van der Waals surface area contributed by atoms with Gasteiger partial charge in [-0.1, -0.05) is 35.9 Å². The van der Waals surface area contributed by atoms with E-state index < -0.39 is 4.92 Å². The molecule has 0 saturated heterocycles. The van der Waals surface area contributed by atoms with Crippen molar-refractivity contribution in [2.24, 2.45) is 0 Å². The third-order valence-electron chi connectivity index (χ3n) is 3.98. The van der Waals surface area contributed by atoms with Gasteiger partial charge in [0.1, 0.15) is 0 Å². The molecule has 0 fully saturated rings. The van der Waals surface area contributed by atoms with Crippen molar-refractivity contribution in [1.82, 2.24) is 4.90 Å². The zero-order chi connectivity index (χ0) is 18.6. The molecule has 0 aliphatic carbocycles. The SMILES string of the molecule is Cc1cc(C)c(NC(=O)CN(C)Cc2ccccc2[N+](=O)[O-])c(C)c1. The van der Waals surface area contributed by atoms with Gasteiger partial charge in [-0.05, 0) is 38.9 Å². The van der Waals surface area contributed by atoms with Gasteiger partial charge in [0, 0.05) is 23.9 Å². The highest BCUT2D eigenvalue weighted by Gasteiger charge is 2.16. The molecule has 0 aliphatic heterocycles. The maximum atomic E-state index is 12.3. The predicted octanol–water partition coefficient (Wildman–Crippen LogP) is 3.59. The topological polar surface area (TPSA) is 75.5 Å². The summed E-state index contributed by atoms with van der Waals surface area (Å²) in [5.41, 5.74) is 4.68. The first-order valence-electron chi connectivity index (χ1n) is 8.06. The number of rotatable bonds is 6. The number of anilines is 1. The van der Waals surface area contributed by atoms with Crippen molar-refractivity contribution in [1.29, 1.82) is 0 Å². The van der Waals surface area contributed by atoms with E-state index in [1.807, 2.05) is 32.9 Å². The largest absolute Gasteiger partial charge is 0.324 e. The monoisotopic (exact) mass is 341 g/mol. The molecule has 132 valence electrons. The first kappa shape index (κ1) is 18.6. The molecule has 2 aromatic carbocycles. The second kappa shape index (κ2) is 7.90. The van der Waals surface area contributed by atoms with E-state index in [9.17, 15) is 14.9 Å². The second-order valence-corrected chi connectivity index (χ2v) is 6.38.